The summed E-state index contributed by atoms with van der Waals surface area (Å²) in [6, 6.07) is 11.6. The number of hydrogen-bond acceptors (Lipinski definition) is 3. The summed E-state index contributed by atoms with van der Waals surface area (Å²) in [7, 11) is 0. The van der Waals surface area contributed by atoms with Crippen LogP contribution >= 0.6 is 11.6 Å². The molecule has 1 N–H and O–H groups in total. The molecular formula is C17H10ClNO3. The predicted molar refractivity (Wildman–Crippen MR) is 81.4 cm³/mol. The number of halogens is 1. The van der Waals surface area contributed by atoms with Gasteiger partial charge < -0.3 is 4.84 Å². The first-order chi connectivity index (χ1) is 10.6. The number of amides is 1. The molecule has 0 aromatic heterocycles. The Hall–Kier alpha value is -2.77. The Morgan fingerprint density at radius 3 is 2.82 bits per heavy atom. The predicted octanol–water partition coefficient (Wildman–Crippen LogP) is 2.75. The van der Waals surface area contributed by atoms with Crippen molar-refractivity contribution in [3.05, 3.63) is 69.7 Å². The van der Waals surface area contributed by atoms with Crippen LogP contribution in [0.2, 0.25) is 5.02 Å². The van der Waals surface area contributed by atoms with Gasteiger partial charge in [-0.25, -0.2) is 4.79 Å². The Kier molecular flexibility index (Phi) is 3.82. The van der Waals surface area contributed by atoms with Crippen molar-refractivity contribution >= 4 is 23.5 Å². The fourth-order valence-electron chi connectivity index (χ4n) is 2.06. The summed E-state index contributed by atoms with van der Waals surface area (Å²) in [4.78, 5) is 28.7. The van der Waals surface area contributed by atoms with E-state index in [2.05, 4.69) is 17.3 Å². The molecule has 3 rings (SSSR count). The lowest BCUT2D eigenvalue weighted by Crippen LogP contribution is -2.27. The molecular weight excluding hydrogens is 302 g/mol. The van der Waals surface area contributed by atoms with Crippen LogP contribution in [0.15, 0.2) is 42.5 Å². The number of rotatable bonds is 2. The lowest BCUT2D eigenvalue weighted by molar-refractivity contribution is 0.0230. The first-order valence-corrected chi connectivity index (χ1v) is 6.91. The fourth-order valence-corrected chi connectivity index (χ4v) is 2.28. The van der Waals surface area contributed by atoms with Gasteiger partial charge in [0.25, 0.3) is 5.91 Å². The maximum absolute atomic E-state index is 11.9. The fraction of sp³-hybridized carbons (Fsp3) is 0.0588. The average molecular weight is 312 g/mol. The van der Waals surface area contributed by atoms with Crippen molar-refractivity contribution in [2.24, 2.45) is 0 Å². The monoisotopic (exact) mass is 311 g/mol. The van der Waals surface area contributed by atoms with Gasteiger partial charge in [-0.15, -0.1) is 0 Å². The van der Waals surface area contributed by atoms with Crippen molar-refractivity contribution in [3.63, 3.8) is 0 Å². The van der Waals surface area contributed by atoms with E-state index in [0.29, 0.717) is 12.0 Å². The van der Waals surface area contributed by atoms with Crippen molar-refractivity contribution in [1.29, 1.82) is 0 Å². The molecule has 0 saturated carbocycles. The van der Waals surface area contributed by atoms with Gasteiger partial charge >= 0.3 is 5.97 Å². The molecule has 0 fully saturated rings. The highest BCUT2D eigenvalue weighted by atomic mass is 35.5. The van der Waals surface area contributed by atoms with Gasteiger partial charge in [0.2, 0.25) is 0 Å². The SMILES string of the molecule is O=C(ONC(=O)c1ccccc1Cl)c1ccc2c(c1)C#CC2. The van der Waals surface area contributed by atoms with Crippen LogP contribution in [0.3, 0.4) is 0 Å². The van der Waals surface area contributed by atoms with E-state index in [-0.39, 0.29) is 10.6 Å². The van der Waals surface area contributed by atoms with Gasteiger partial charge in [-0.1, -0.05) is 41.6 Å². The topological polar surface area (TPSA) is 55.4 Å². The second-order valence-electron chi connectivity index (χ2n) is 4.65. The first-order valence-electron chi connectivity index (χ1n) is 6.53. The number of hydrogen-bond donors (Lipinski definition) is 1. The van der Waals surface area contributed by atoms with E-state index in [1.807, 2.05) is 6.07 Å². The van der Waals surface area contributed by atoms with E-state index in [0.717, 1.165) is 11.1 Å². The van der Waals surface area contributed by atoms with E-state index in [9.17, 15) is 9.59 Å². The van der Waals surface area contributed by atoms with Crippen LogP contribution in [-0.2, 0) is 11.3 Å². The second kappa shape index (κ2) is 5.92. The minimum absolute atomic E-state index is 0.233. The maximum atomic E-state index is 11.9. The number of hydroxylamine groups is 1. The molecule has 0 radical (unpaired) electrons. The Morgan fingerprint density at radius 2 is 2.00 bits per heavy atom. The second-order valence-corrected chi connectivity index (χ2v) is 5.06. The molecule has 22 heavy (non-hydrogen) atoms. The average Bonchev–Trinajstić information content (AvgIpc) is 3.00. The van der Waals surface area contributed by atoms with Crippen molar-refractivity contribution in [2.45, 2.75) is 6.42 Å². The van der Waals surface area contributed by atoms with Gasteiger partial charge in [0.05, 0.1) is 16.1 Å². The molecule has 2 aromatic rings. The van der Waals surface area contributed by atoms with E-state index in [4.69, 9.17) is 16.4 Å². The number of fused-ring (bicyclic) bond motifs is 1. The molecule has 0 spiro atoms. The van der Waals surface area contributed by atoms with Crippen LogP contribution in [0.25, 0.3) is 0 Å². The summed E-state index contributed by atoms with van der Waals surface area (Å²) in [6.45, 7) is 0. The Morgan fingerprint density at radius 1 is 1.18 bits per heavy atom. The summed E-state index contributed by atoms with van der Waals surface area (Å²) in [5.41, 5.74) is 4.52. The summed E-state index contributed by atoms with van der Waals surface area (Å²) < 4.78 is 0. The third-order valence-electron chi connectivity index (χ3n) is 3.20. The number of carbonyl (C=O) groups is 2. The summed E-state index contributed by atoms with van der Waals surface area (Å²) >= 11 is 5.90. The summed E-state index contributed by atoms with van der Waals surface area (Å²) in [5.74, 6) is 4.64. The molecule has 0 bridgehead atoms. The van der Waals surface area contributed by atoms with E-state index in [1.165, 1.54) is 6.07 Å². The zero-order chi connectivity index (χ0) is 15.5. The number of benzene rings is 2. The molecule has 0 saturated heterocycles. The molecule has 5 heteroatoms. The molecule has 0 unspecified atom stereocenters. The smallest absolute Gasteiger partial charge is 0.335 e. The van der Waals surface area contributed by atoms with Crippen LogP contribution in [0.4, 0.5) is 0 Å². The van der Waals surface area contributed by atoms with Gasteiger partial charge in [0, 0.05) is 12.0 Å². The van der Waals surface area contributed by atoms with Crippen molar-refractivity contribution < 1.29 is 14.4 Å². The highest BCUT2D eigenvalue weighted by Gasteiger charge is 2.15. The molecule has 1 aliphatic rings. The molecule has 1 aliphatic carbocycles. The van der Waals surface area contributed by atoms with Crippen LogP contribution in [0, 0.1) is 11.8 Å². The maximum Gasteiger partial charge on any atom is 0.363 e. The van der Waals surface area contributed by atoms with E-state index in [1.54, 1.807) is 30.3 Å². The van der Waals surface area contributed by atoms with Gasteiger partial charge in [-0.2, -0.15) is 5.48 Å². The van der Waals surface area contributed by atoms with E-state index >= 15 is 0 Å². The molecule has 4 nitrogen and oxygen atoms in total. The minimum atomic E-state index is -0.656. The van der Waals surface area contributed by atoms with Crippen LogP contribution in [-0.4, -0.2) is 11.9 Å². The summed E-state index contributed by atoms with van der Waals surface area (Å²) in [5, 5.41) is 0.281. The van der Waals surface area contributed by atoms with Crippen molar-refractivity contribution in [1.82, 2.24) is 5.48 Å². The van der Waals surface area contributed by atoms with Crippen LogP contribution in [0.1, 0.15) is 31.8 Å². The zero-order valence-electron chi connectivity index (χ0n) is 11.4. The highest BCUT2D eigenvalue weighted by Crippen LogP contribution is 2.17. The third-order valence-corrected chi connectivity index (χ3v) is 3.53. The summed E-state index contributed by atoms with van der Waals surface area (Å²) in [6.07, 6.45) is 0.688. The van der Waals surface area contributed by atoms with Gasteiger partial charge in [0.1, 0.15) is 0 Å². The minimum Gasteiger partial charge on any atom is -0.335 e. The zero-order valence-corrected chi connectivity index (χ0v) is 12.1. The van der Waals surface area contributed by atoms with Crippen LogP contribution in [0.5, 0.6) is 0 Å². The van der Waals surface area contributed by atoms with Crippen molar-refractivity contribution in [3.8, 4) is 11.8 Å². The first kappa shape index (κ1) is 14.2. The highest BCUT2D eigenvalue weighted by molar-refractivity contribution is 6.33. The Labute approximate surface area is 132 Å². The van der Waals surface area contributed by atoms with E-state index < -0.39 is 11.9 Å². The third kappa shape index (κ3) is 2.80. The molecule has 0 aliphatic heterocycles. The van der Waals surface area contributed by atoms with Gasteiger partial charge in [-0.05, 0) is 29.8 Å². The number of carbonyl (C=O) groups excluding carboxylic acids is 2. The normalized spacial score (nSPS) is 11.1. The molecule has 108 valence electrons. The molecule has 2 aromatic carbocycles. The largest absolute Gasteiger partial charge is 0.363 e. The standard InChI is InChI=1S/C17H10ClNO3/c18-15-7-2-1-6-14(15)16(20)19-22-17(21)13-9-8-11-4-3-5-12(11)10-13/h1-2,6-10H,4H2,(H,19,20). The van der Waals surface area contributed by atoms with Gasteiger partial charge in [0.15, 0.2) is 0 Å². The van der Waals surface area contributed by atoms with Gasteiger partial charge in [-0.3, -0.25) is 4.79 Å². The van der Waals surface area contributed by atoms with Crippen LogP contribution < -0.4 is 5.48 Å². The quantitative estimate of drug-likeness (QED) is 0.685. The molecule has 0 atom stereocenters. The lowest BCUT2D eigenvalue weighted by atomic mass is 10.1. The Bertz CT molecular complexity index is 833. The molecule has 1 amide bonds. The number of nitrogens with one attached hydrogen (secondary N) is 1. The Balaban J connectivity index is 1.67. The lowest BCUT2D eigenvalue weighted by Gasteiger charge is -2.07. The molecule has 0 heterocycles. The van der Waals surface area contributed by atoms with Crippen molar-refractivity contribution in [2.75, 3.05) is 0 Å².